The summed E-state index contributed by atoms with van der Waals surface area (Å²) in [7, 11) is -2.09. The molecule has 17 heavy (non-hydrogen) atoms. The molecular weight excluding hydrogens is 231 g/mol. The fraction of sp³-hybridized carbons (Fsp3) is 0.333. The van der Waals surface area contributed by atoms with Crippen LogP contribution >= 0.6 is 0 Å². The highest BCUT2D eigenvalue weighted by atomic mass is 19.2. The Balaban J connectivity index is 2.79. The lowest BCUT2D eigenvalue weighted by Gasteiger charge is -2.08. The number of hydrogen-bond acceptors (Lipinski definition) is 4. The van der Waals surface area contributed by atoms with Crippen molar-refractivity contribution in [3.8, 4) is 0 Å². The van der Waals surface area contributed by atoms with Crippen LogP contribution in [0.4, 0.5) is 8.78 Å². The van der Waals surface area contributed by atoms with E-state index in [-0.39, 0.29) is 17.1 Å². The largest absolute Gasteiger partial charge is 0.491 e. The summed E-state index contributed by atoms with van der Waals surface area (Å²) in [5.74, 6) is -2.47. The Kier molecular flexibility index (Phi) is 2.84. The van der Waals surface area contributed by atoms with Crippen LogP contribution < -0.4 is 5.46 Å². The topological polar surface area (TPSA) is 71.2 Å². The highest BCUT2D eigenvalue weighted by Gasteiger charge is 2.25. The van der Waals surface area contributed by atoms with Crippen molar-refractivity contribution in [3.05, 3.63) is 17.7 Å². The van der Waals surface area contributed by atoms with Gasteiger partial charge in [0, 0.05) is 11.5 Å². The maximum Gasteiger partial charge on any atom is 0.491 e. The first-order valence-corrected chi connectivity index (χ1v) is 5.02. The van der Waals surface area contributed by atoms with Crippen LogP contribution in [0.1, 0.15) is 19.9 Å². The molecule has 2 rings (SSSR count). The number of rotatable bonds is 2. The lowest BCUT2D eigenvalue weighted by atomic mass is 9.79. The molecule has 0 bridgehead atoms. The zero-order valence-electron chi connectivity index (χ0n) is 9.22. The number of benzene rings is 1. The van der Waals surface area contributed by atoms with Crippen molar-refractivity contribution in [2.75, 3.05) is 0 Å². The Morgan fingerprint density at radius 3 is 2.47 bits per heavy atom. The van der Waals surface area contributed by atoms with E-state index in [1.165, 1.54) is 4.68 Å². The van der Waals surface area contributed by atoms with Gasteiger partial charge in [0.25, 0.3) is 0 Å². The fourth-order valence-corrected chi connectivity index (χ4v) is 1.61. The smallest absolute Gasteiger partial charge is 0.423 e. The van der Waals surface area contributed by atoms with Crippen LogP contribution in [-0.2, 0) is 0 Å². The average molecular weight is 241 g/mol. The predicted octanol–water partition coefficient (Wildman–Crippen LogP) is -0.0298. The van der Waals surface area contributed by atoms with E-state index in [1.807, 2.05) is 0 Å². The quantitative estimate of drug-likeness (QED) is 0.724. The minimum Gasteiger partial charge on any atom is -0.423 e. The van der Waals surface area contributed by atoms with Gasteiger partial charge in [0.1, 0.15) is 11.0 Å². The molecule has 90 valence electrons. The molecular formula is C9H10BF2N3O2. The standard InChI is InChI=1S/C9H10BF2N3O2/c1-4(2)15-9-6(13-14-15)3-5(10(16)17)7(11)8(9)12/h3-4,16-17H,1-2H3. The molecule has 5 nitrogen and oxygen atoms in total. The van der Waals surface area contributed by atoms with Gasteiger partial charge in [0.05, 0.1) is 0 Å². The third kappa shape index (κ3) is 1.79. The van der Waals surface area contributed by atoms with Gasteiger partial charge in [-0.15, -0.1) is 5.10 Å². The minimum absolute atomic E-state index is 0.0816. The van der Waals surface area contributed by atoms with Crippen molar-refractivity contribution >= 4 is 23.6 Å². The SMILES string of the molecule is CC(C)n1nnc2cc(B(O)O)c(F)c(F)c21. The highest BCUT2D eigenvalue weighted by molar-refractivity contribution is 6.59. The first-order valence-electron chi connectivity index (χ1n) is 5.02. The molecule has 0 aliphatic heterocycles. The van der Waals surface area contributed by atoms with Crippen LogP contribution in [0.2, 0.25) is 0 Å². The summed E-state index contributed by atoms with van der Waals surface area (Å²) < 4.78 is 28.6. The van der Waals surface area contributed by atoms with E-state index >= 15 is 0 Å². The second-order valence-corrected chi connectivity index (χ2v) is 3.96. The van der Waals surface area contributed by atoms with Crippen molar-refractivity contribution in [2.24, 2.45) is 0 Å². The third-order valence-electron chi connectivity index (χ3n) is 2.43. The highest BCUT2D eigenvalue weighted by Crippen LogP contribution is 2.20. The van der Waals surface area contributed by atoms with Gasteiger partial charge in [-0.2, -0.15) is 0 Å². The molecule has 0 radical (unpaired) electrons. The first kappa shape index (κ1) is 11.9. The summed E-state index contributed by atoms with van der Waals surface area (Å²) in [6.45, 7) is 3.50. The molecule has 1 aromatic carbocycles. The molecule has 2 aromatic rings. The molecule has 8 heteroatoms. The number of aromatic nitrogens is 3. The molecule has 0 amide bonds. The van der Waals surface area contributed by atoms with E-state index in [0.29, 0.717) is 0 Å². The molecule has 0 saturated heterocycles. The van der Waals surface area contributed by atoms with Crippen LogP contribution in [0.15, 0.2) is 6.07 Å². The van der Waals surface area contributed by atoms with Gasteiger partial charge >= 0.3 is 7.12 Å². The lowest BCUT2D eigenvalue weighted by molar-refractivity contribution is 0.420. The van der Waals surface area contributed by atoms with Crippen LogP contribution in [-0.4, -0.2) is 32.2 Å². The Labute approximate surface area is 95.8 Å². The van der Waals surface area contributed by atoms with Gasteiger partial charge < -0.3 is 10.0 Å². The summed E-state index contributed by atoms with van der Waals surface area (Å²) >= 11 is 0. The van der Waals surface area contributed by atoms with Crippen molar-refractivity contribution < 1.29 is 18.8 Å². The van der Waals surface area contributed by atoms with Gasteiger partial charge in [-0.3, -0.25) is 0 Å². The van der Waals surface area contributed by atoms with Crippen molar-refractivity contribution in [1.29, 1.82) is 0 Å². The van der Waals surface area contributed by atoms with Crippen molar-refractivity contribution in [2.45, 2.75) is 19.9 Å². The van der Waals surface area contributed by atoms with Gasteiger partial charge in [0.15, 0.2) is 11.6 Å². The summed E-state index contributed by atoms with van der Waals surface area (Å²) in [5.41, 5.74) is -0.548. The van der Waals surface area contributed by atoms with Gasteiger partial charge in [-0.05, 0) is 19.9 Å². The van der Waals surface area contributed by atoms with E-state index < -0.39 is 24.2 Å². The molecule has 0 aliphatic rings. The second-order valence-electron chi connectivity index (χ2n) is 3.96. The fourth-order valence-electron chi connectivity index (χ4n) is 1.61. The monoisotopic (exact) mass is 241 g/mol. The van der Waals surface area contributed by atoms with Crippen LogP contribution in [0.3, 0.4) is 0 Å². The lowest BCUT2D eigenvalue weighted by Crippen LogP contribution is -2.33. The van der Waals surface area contributed by atoms with E-state index in [0.717, 1.165) is 6.07 Å². The molecule has 0 fully saturated rings. The molecule has 1 heterocycles. The Morgan fingerprint density at radius 1 is 1.29 bits per heavy atom. The summed E-state index contributed by atoms with van der Waals surface area (Å²) in [6, 6.07) is 0.892. The molecule has 1 aromatic heterocycles. The molecule has 0 unspecified atom stereocenters. The molecule has 2 N–H and O–H groups in total. The number of nitrogens with zero attached hydrogens (tertiary/aromatic N) is 3. The third-order valence-corrected chi connectivity index (χ3v) is 2.43. The zero-order valence-corrected chi connectivity index (χ0v) is 9.22. The maximum atomic E-state index is 13.8. The summed E-state index contributed by atoms with van der Waals surface area (Å²) in [5, 5.41) is 25.2. The van der Waals surface area contributed by atoms with Crippen molar-refractivity contribution in [3.63, 3.8) is 0 Å². The molecule has 0 saturated carbocycles. The molecule has 0 spiro atoms. The maximum absolute atomic E-state index is 13.8. The number of hydrogen-bond donors (Lipinski definition) is 2. The number of halogens is 2. The Morgan fingerprint density at radius 2 is 1.94 bits per heavy atom. The van der Waals surface area contributed by atoms with E-state index in [2.05, 4.69) is 10.3 Å². The van der Waals surface area contributed by atoms with Crippen LogP contribution in [0.5, 0.6) is 0 Å². The zero-order chi connectivity index (χ0) is 12.7. The van der Waals surface area contributed by atoms with E-state index in [9.17, 15) is 8.78 Å². The van der Waals surface area contributed by atoms with E-state index in [4.69, 9.17) is 10.0 Å². The van der Waals surface area contributed by atoms with Gasteiger partial charge in [-0.25, -0.2) is 13.5 Å². The molecule has 0 atom stereocenters. The van der Waals surface area contributed by atoms with Crippen LogP contribution in [0, 0.1) is 11.6 Å². The van der Waals surface area contributed by atoms with Gasteiger partial charge in [-0.1, -0.05) is 5.21 Å². The summed E-state index contributed by atoms with van der Waals surface area (Å²) in [6.07, 6.45) is 0. The van der Waals surface area contributed by atoms with Crippen LogP contribution in [0.25, 0.3) is 11.0 Å². The summed E-state index contributed by atoms with van der Waals surface area (Å²) in [4.78, 5) is 0. The Bertz CT molecular complexity index is 571. The normalized spacial score (nSPS) is 11.5. The molecule has 0 aliphatic carbocycles. The second kappa shape index (κ2) is 4.04. The Hall–Kier alpha value is -1.54. The minimum atomic E-state index is -2.09. The van der Waals surface area contributed by atoms with Gasteiger partial charge in [0.2, 0.25) is 0 Å². The number of fused-ring (bicyclic) bond motifs is 1. The average Bonchev–Trinajstić information content (AvgIpc) is 2.66. The first-order chi connectivity index (χ1) is 7.93. The van der Waals surface area contributed by atoms with Crippen molar-refractivity contribution in [1.82, 2.24) is 15.0 Å². The predicted molar refractivity (Wildman–Crippen MR) is 57.7 cm³/mol. The van der Waals surface area contributed by atoms with E-state index in [1.54, 1.807) is 13.8 Å².